The lowest BCUT2D eigenvalue weighted by atomic mass is 10.2. The zero-order valence-electron chi connectivity index (χ0n) is 6.87. The number of nitrogens with zero attached hydrogens (tertiary/aromatic N) is 1. The molecule has 1 aromatic rings. The molecule has 0 aliphatic rings. The number of Topliss-reactive ketones (excluding diaryl/α,β-unsaturated/α-hetero) is 1. The van der Waals surface area contributed by atoms with Crippen molar-refractivity contribution in [1.82, 2.24) is 4.98 Å². The molecular weight excluding hydrogens is 150 g/mol. The summed E-state index contributed by atoms with van der Waals surface area (Å²) in [5.41, 5.74) is 0.486. The van der Waals surface area contributed by atoms with E-state index in [2.05, 4.69) is 16.8 Å². The number of carbonyl (C=O) groups is 1. The number of aromatic nitrogens is 1. The average Bonchev–Trinajstić information content (AvgIpc) is 2.15. The standard InChI is InChI=1S/C10H9NO/c1-2-3-7-10(12)9-6-4-5-8-11-9/h4-6,8H,7H2,1H3. The van der Waals surface area contributed by atoms with Crippen LogP contribution in [-0.4, -0.2) is 10.8 Å². The van der Waals surface area contributed by atoms with Crippen molar-refractivity contribution in [3.63, 3.8) is 0 Å². The highest BCUT2D eigenvalue weighted by Gasteiger charge is 2.02. The zero-order chi connectivity index (χ0) is 8.81. The van der Waals surface area contributed by atoms with Gasteiger partial charge in [0, 0.05) is 6.20 Å². The Morgan fingerprint density at radius 1 is 1.58 bits per heavy atom. The van der Waals surface area contributed by atoms with E-state index in [1.807, 2.05) is 0 Å². The highest BCUT2D eigenvalue weighted by molar-refractivity contribution is 5.95. The van der Waals surface area contributed by atoms with Crippen molar-refractivity contribution < 1.29 is 4.79 Å². The molecule has 1 rings (SSSR count). The molecule has 0 bridgehead atoms. The summed E-state index contributed by atoms with van der Waals surface area (Å²) in [6, 6.07) is 5.27. The Labute approximate surface area is 71.6 Å². The van der Waals surface area contributed by atoms with E-state index in [1.54, 1.807) is 31.3 Å². The van der Waals surface area contributed by atoms with Gasteiger partial charge in [0.25, 0.3) is 0 Å². The minimum atomic E-state index is -0.0232. The van der Waals surface area contributed by atoms with Crippen LogP contribution in [0.1, 0.15) is 23.8 Å². The molecule has 1 heterocycles. The second kappa shape index (κ2) is 4.30. The first-order valence-electron chi connectivity index (χ1n) is 3.68. The summed E-state index contributed by atoms with van der Waals surface area (Å²) in [7, 11) is 0. The Morgan fingerprint density at radius 2 is 2.42 bits per heavy atom. The molecule has 0 saturated heterocycles. The van der Waals surface area contributed by atoms with Crippen LogP contribution in [0.15, 0.2) is 24.4 Å². The number of ketones is 1. The topological polar surface area (TPSA) is 30.0 Å². The van der Waals surface area contributed by atoms with Gasteiger partial charge in [-0.25, -0.2) is 0 Å². The highest BCUT2D eigenvalue weighted by atomic mass is 16.1. The Bertz CT molecular complexity index is 319. The Hall–Kier alpha value is -1.62. The molecule has 0 aliphatic heterocycles. The van der Waals surface area contributed by atoms with Gasteiger partial charge in [0.15, 0.2) is 5.78 Å². The lowest BCUT2D eigenvalue weighted by Crippen LogP contribution is -1.99. The van der Waals surface area contributed by atoms with E-state index in [9.17, 15) is 4.79 Å². The molecule has 0 aliphatic carbocycles. The fourth-order valence-electron chi connectivity index (χ4n) is 0.787. The second-order valence-corrected chi connectivity index (χ2v) is 2.24. The number of pyridine rings is 1. The molecule has 0 amide bonds. The maximum absolute atomic E-state index is 11.2. The van der Waals surface area contributed by atoms with Crippen molar-refractivity contribution in [3.05, 3.63) is 30.1 Å². The number of carbonyl (C=O) groups excluding carboxylic acids is 1. The van der Waals surface area contributed by atoms with Crippen LogP contribution in [0.2, 0.25) is 0 Å². The summed E-state index contributed by atoms with van der Waals surface area (Å²) >= 11 is 0. The van der Waals surface area contributed by atoms with Gasteiger partial charge in [-0.15, -0.1) is 5.92 Å². The minimum absolute atomic E-state index is 0.0232. The van der Waals surface area contributed by atoms with Crippen LogP contribution < -0.4 is 0 Å². The lowest BCUT2D eigenvalue weighted by molar-refractivity contribution is 0.0993. The van der Waals surface area contributed by atoms with Crippen molar-refractivity contribution in [2.24, 2.45) is 0 Å². The Balaban J connectivity index is 2.70. The number of hydrogen-bond acceptors (Lipinski definition) is 2. The largest absolute Gasteiger partial charge is 0.291 e. The molecule has 2 nitrogen and oxygen atoms in total. The first kappa shape index (κ1) is 8.48. The van der Waals surface area contributed by atoms with Crippen LogP contribution in [0, 0.1) is 11.8 Å². The van der Waals surface area contributed by atoms with Gasteiger partial charge in [-0.2, -0.15) is 0 Å². The maximum atomic E-state index is 11.2. The monoisotopic (exact) mass is 159 g/mol. The van der Waals surface area contributed by atoms with Crippen LogP contribution in [0.3, 0.4) is 0 Å². The fourth-order valence-corrected chi connectivity index (χ4v) is 0.787. The smallest absolute Gasteiger partial charge is 0.193 e. The molecule has 0 fully saturated rings. The SMILES string of the molecule is CC#CCC(=O)c1ccccn1. The van der Waals surface area contributed by atoms with E-state index in [1.165, 1.54) is 0 Å². The summed E-state index contributed by atoms with van der Waals surface area (Å²) in [6.45, 7) is 1.71. The van der Waals surface area contributed by atoms with Crippen LogP contribution >= 0.6 is 0 Å². The number of rotatable bonds is 2. The lowest BCUT2D eigenvalue weighted by Gasteiger charge is -1.92. The molecule has 0 radical (unpaired) electrons. The van der Waals surface area contributed by atoms with E-state index in [0.29, 0.717) is 5.69 Å². The summed E-state index contributed by atoms with van der Waals surface area (Å²) in [5, 5.41) is 0. The van der Waals surface area contributed by atoms with Crippen LogP contribution in [0.4, 0.5) is 0 Å². The molecule has 60 valence electrons. The van der Waals surface area contributed by atoms with Gasteiger partial charge < -0.3 is 0 Å². The molecule has 0 atom stereocenters. The van der Waals surface area contributed by atoms with Gasteiger partial charge in [-0.3, -0.25) is 9.78 Å². The van der Waals surface area contributed by atoms with Crippen molar-refractivity contribution in [3.8, 4) is 11.8 Å². The average molecular weight is 159 g/mol. The summed E-state index contributed by atoms with van der Waals surface area (Å²) < 4.78 is 0. The predicted molar refractivity (Wildman–Crippen MR) is 46.6 cm³/mol. The Kier molecular flexibility index (Phi) is 3.04. The van der Waals surface area contributed by atoms with E-state index in [0.717, 1.165) is 0 Å². The fraction of sp³-hybridized carbons (Fsp3) is 0.200. The normalized spacial score (nSPS) is 8.42. The van der Waals surface area contributed by atoms with Gasteiger partial charge >= 0.3 is 0 Å². The minimum Gasteiger partial charge on any atom is -0.291 e. The van der Waals surface area contributed by atoms with Gasteiger partial charge in [0.2, 0.25) is 0 Å². The van der Waals surface area contributed by atoms with Crippen molar-refractivity contribution in [2.75, 3.05) is 0 Å². The molecule has 0 aromatic carbocycles. The molecule has 0 N–H and O–H groups in total. The molecular formula is C10H9NO. The van der Waals surface area contributed by atoms with Crippen molar-refractivity contribution in [1.29, 1.82) is 0 Å². The molecule has 1 aromatic heterocycles. The molecule has 0 spiro atoms. The van der Waals surface area contributed by atoms with E-state index in [-0.39, 0.29) is 12.2 Å². The van der Waals surface area contributed by atoms with E-state index < -0.39 is 0 Å². The van der Waals surface area contributed by atoms with Gasteiger partial charge in [0.05, 0.1) is 6.42 Å². The van der Waals surface area contributed by atoms with E-state index >= 15 is 0 Å². The molecule has 0 unspecified atom stereocenters. The number of hydrogen-bond donors (Lipinski definition) is 0. The Morgan fingerprint density at radius 3 is 3.00 bits per heavy atom. The molecule has 12 heavy (non-hydrogen) atoms. The van der Waals surface area contributed by atoms with E-state index in [4.69, 9.17) is 0 Å². The predicted octanol–water partition coefficient (Wildman–Crippen LogP) is 1.68. The first-order chi connectivity index (χ1) is 5.84. The summed E-state index contributed by atoms with van der Waals surface area (Å²) in [6.07, 6.45) is 1.86. The second-order valence-electron chi connectivity index (χ2n) is 2.24. The van der Waals surface area contributed by atoms with Gasteiger partial charge in [0.1, 0.15) is 5.69 Å². The summed E-state index contributed by atoms with van der Waals surface area (Å²) in [4.78, 5) is 15.2. The van der Waals surface area contributed by atoms with Gasteiger partial charge in [-0.05, 0) is 19.1 Å². The third-order valence-electron chi connectivity index (χ3n) is 1.38. The van der Waals surface area contributed by atoms with Crippen LogP contribution in [0.25, 0.3) is 0 Å². The third kappa shape index (κ3) is 2.21. The molecule has 0 saturated carbocycles. The van der Waals surface area contributed by atoms with Crippen LogP contribution in [0.5, 0.6) is 0 Å². The highest BCUT2D eigenvalue weighted by Crippen LogP contribution is 1.97. The maximum Gasteiger partial charge on any atom is 0.193 e. The summed E-state index contributed by atoms with van der Waals surface area (Å²) in [5.74, 6) is 5.35. The quantitative estimate of drug-likeness (QED) is 0.485. The van der Waals surface area contributed by atoms with Crippen LogP contribution in [-0.2, 0) is 0 Å². The van der Waals surface area contributed by atoms with Gasteiger partial charge in [-0.1, -0.05) is 12.0 Å². The van der Waals surface area contributed by atoms with Crippen molar-refractivity contribution >= 4 is 5.78 Å². The van der Waals surface area contributed by atoms with Crippen molar-refractivity contribution in [2.45, 2.75) is 13.3 Å². The molecule has 2 heteroatoms. The first-order valence-corrected chi connectivity index (χ1v) is 3.68. The third-order valence-corrected chi connectivity index (χ3v) is 1.38. The zero-order valence-corrected chi connectivity index (χ0v) is 6.87.